The largest absolute Gasteiger partial charge is 0.548 e. The molecule has 0 aliphatic heterocycles. The van der Waals surface area contributed by atoms with Gasteiger partial charge >= 0.3 is 7.75 Å². The lowest BCUT2D eigenvalue weighted by Gasteiger charge is -2.11. The first-order chi connectivity index (χ1) is 7.22. The number of hydrogen-bond donors (Lipinski definition) is 5. The molecule has 0 rings (SSSR count). The van der Waals surface area contributed by atoms with Crippen LogP contribution >= 0.6 is 7.75 Å². The first-order valence-electron chi connectivity index (χ1n) is 4.32. The van der Waals surface area contributed by atoms with Crippen molar-refractivity contribution in [3.63, 3.8) is 0 Å². The van der Waals surface area contributed by atoms with Crippen molar-refractivity contribution in [3.05, 3.63) is 0 Å². The van der Waals surface area contributed by atoms with Crippen molar-refractivity contribution in [2.45, 2.75) is 18.9 Å². The van der Waals surface area contributed by atoms with E-state index in [0.29, 0.717) is 6.42 Å². The highest BCUT2D eigenvalue weighted by molar-refractivity contribution is 7.50. The number of hydrogen-bond acceptors (Lipinski definition) is 5. The molecule has 94 valence electrons. The average molecular weight is 253 g/mol. The van der Waals surface area contributed by atoms with Gasteiger partial charge in [0.05, 0.1) is 5.97 Å². The van der Waals surface area contributed by atoms with Crippen LogP contribution in [0.1, 0.15) is 12.8 Å². The van der Waals surface area contributed by atoms with Gasteiger partial charge in [-0.15, -0.1) is 0 Å². The molecular weight excluding hydrogens is 239 g/mol. The Morgan fingerprint density at radius 2 is 2.12 bits per heavy atom. The number of carboxylic acid groups (broad SMARTS) is 1. The third kappa shape index (κ3) is 8.18. The van der Waals surface area contributed by atoms with Crippen molar-refractivity contribution in [1.29, 1.82) is 0 Å². The number of carboxylic acids is 1. The monoisotopic (exact) mass is 253 g/mol. The molecule has 0 fully saturated rings. The van der Waals surface area contributed by atoms with E-state index >= 15 is 0 Å². The van der Waals surface area contributed by atoms with Gasteiger partial charge < -0.3 is 31.2 Å². The standard InChI is InChI=1S/C6H15N4O5P/c7-4(5(11)12)2-1-3-9-6(8)10-16(13,14)15/h4H,1-3,7H2,(H,11,12)(H5,8,9,10,13,14,15)/p-1. The molecule has 10 heteroatoms. The van der Waals surface area contributed by atoms with Gasteiger partial charge in [-0.25, -0.2) is 4.57 Å². The summed E-state index contributed by atoms with van der Waals surface area (Å²) < 4.78 is 10.4. The molecule has 9 nitrogen and oxygen atoms in total. The lowest BCUT2D eigenvalue weighted by Crippen LogP contribution is -2.41. The third-order valence-electron chi connectivity index (χ3n) is 1.52. The van der Waals surface area contributed by atoms with Gasteiger partial charge in [0.2, 0.25) is 0 Å². The van der Waals surface area contributed by atoms with Crippen molar-refractivity contribution < 1.29 is 24.3 Å². The summed E-state index contributed by atoms with van der Waals surface area (Å²) in [6.07, 6.45) is 0.466. The topological polar surface area (TPSA) is 174 Å². The molecule has 0 amide bonds. The van der Waals surface area contributed by atoms with E-state index in [1.54, 1.807) is 5.09 Å². The molecule has 1 unspecified atom stereocenters. The average Bonchev–Trinajstić information content (AvgIpc) is 2.08. The Kier molecular flexibility index (Phi) is 5.97. The quantitative estimate of drug-likeness (QED) is 0.143. The molecule has 0 aromatic heterocycles. The molecule has 0 saturated heterocycles. The first kappa shape index (κ1) is 14.8. The van der Waals surface area contributed by atoms with Crippen molar-refractivity contribution in [3.8, 4) is 0 Å². The SMILES string of the molecule is NC(=NCCCC(N)C(=O)[O-])NP(=O)(O)O. The molecule has 0 aromatic carbocycles. The highest BCUT2D eigenvalue weighted by atomic mass is 31.2. The predicted molar refractivity (Wildman–Crippen MR) is 53.9 cm³/mol. The molecule has 0 heterocycles. The van der Waals surface area contributed by atoms with Gasteiger partial charge in [0.15, 0.2) is 5.96 Å². The zero-order valence-corrected chi connectivity index (χ0v) is 9.26. The highest BCUT2D eigenvalue weighted by Crippen LogP contribution is 2.27. The second-order valence-electron chi connectivity index (χ2n) is 2.99. The van der Waals surface area contributed by atoms with Crippen LogP contribution in [-0.4, -0.2) is 34.3 Å². The molecule has 1 atom stereocenters. The summed E-state index contributed by atoms with van der Waals surface area (Å²) in [7, 11) is -4.44. The van der Waals surface area contributed by atoms with Crippen LogP contribution in [0.25, 0.3) is 0 Å². The Morgan fingerprint density at radius 3 is 2.56 bits per heavy atom. The Hall–Kier alpha value is -1.15. The van der Waals surface area contributed by atoms with E-state index < -0.39 is 25.7 Å². The maximum absolute atomic E-state index is 10.4. The zero-order valence-electron chi connectivity index (χ0n) is 8.37. The van der Waals surface area contributed by atoms with E-state index in [-0.39, 0.29) is 13.0 Å². The van der Waals surface area contributed by atoms with E-state index in [9.17, 15) is 14.5 Å². The fourth-order valence-corrected chi connectivity index (χ4v) is 1.18. The Labute approximate surface area is 91.8 Å². The van der Waals surface area contributed by atoms with Crippen LogP contribution in [0.3, 0.4) is 0 Å². The number of rotatable bonds is 6. The van der Waals surface area contributed by atoms with Gasteiger partial charge in [0, 0.05) is 12.6 Å². The third-order valence-corrected chi connectivity index (χ3v) is 2.04. The van der Waals surface area contributed by atoms with Gasteiger partial charge in [0.25, 0.3) is 0 Å². The van der Waals surface area contributed by atoms with Crippen LogP contribution in [0.5, 0.6) is 0 Å². The number of nitrogens with zero attached hydrogens (tertiary/aromatic N) is 1. The van der Waals surface area contributed by atoms with Gasteiger partial charge in [-0.3, -0.25) is 10.1 Å². The van der Waals surface area contributed by atoms with Crippen molar-refractivity contribution in [2.24, 2.45) is 16.5 Å². The molecule has 0 bridgehead atoms. The van der Waals surface area contributed by atoms with E-state index in [2.05, 4.69) is 4.99 Å². The molecule has 16 heavy (non-hydrogen) atoms. The minimum atomic E-state index is -4.44. The second kappa shape index (κ2) is 6.44. The number of nitrogens with one attached hydrogen (secondary N) is 1. The fourth-order valence-electron chi connectivity index (χ4n) is 0.813. The minimum absolute atomic E-state index is 0.111. The maximum atomic E-state index is 10.4. The van der Waals surface area contributed by atoms with Gasteiger partial charge in [-0.05, 0) is 12.8 Å². The van der Waals surface area contributed by atoms with Crippen LogP contribution in [0.15, 0.2) is 4.99 Å². The molecular formula is C6H14N4O5P-. The van der Waals surface area contributed by atoms with Crippen LogP contribution in [-0.2, 0) is 9.36 Å². The summed E-state index contributed by atoms with van der Waals surface area (Å²) in [4.78, 5) is 30.6. The molecule has 0 spiro atoms. The molecule has 0 aliphatic rings. The van der Waals surface area contributed by atoms with E-state index in [4.69, 9.17) is 21.3 Å². The Morgan fingerprint density at radius 1 is 1.56 bits per heavy atom. The van der Waals surface area contributed by atoms with E-state index in [1.807, 2.05) is 0 Å². The fraction of sp³-hybridized carbons (Fsp3) is 0.667. The number of aliphatic carboxylic acids is 1. The van der Waals surface area contributed by atoms with Gasteiger partial charge in [0.1, 0.15) is 0 Å². The number of aliphatic imine (C=N–C) groups is 1. The maximum Gasteiger partial charge on any atom is 0.429 e. The van der Waals surface area contributed by atoms with Crippen LogP contribution in [0.2, 0.25) is 0 Å². The first-order valence-corrected chi connectivity index (χ1v) is 5.94. The number of guanidine groups is 1. The zero-order chi connectivity index (χ0) is 12.8. The van der Waals surface area contributed by atoms with Gasteiger partial charge in [-0.1, -0.05) is 0 Å². The molecule has 7 N–H and O–H groups in total. The lowest BCUT2D eigenvalue weighted by atomic mass is 10.2. The summed E-state index contributed by atoms with van der Waals surface area (Å²) in [5, 5.41) is 11.9. The van der Waals surface area contributed by atoms with E-state index in [0.717, 1.165) is 0 Å². The highest BCUT2D eigenvalue weighted by Gasteiger charge is 2.12. The smallest absolute Gasteiger partial charge is 0.429 e. The van der Waals surface area contributed by atoms with Crippen molar-refractivity contribution >= 4 is 19.7 Å². The number of carbonyl (C=O) groups is 1. The van der Waals surface area contributed by atoms with Crippen LogP contribution in [0.4, 0.5) is 0 Å². The van der Waals surface area contributed by atoms with Crippen LogP contribution in [0, 0.1) is 0 Å². The summed E-state index contributed by atoms with van der Waals surface area (Å²) in [5.41, 5.74) is 10.3. The van der Waals surface area contributed by atoms with Crippen molar-refractivity contribution in [2.75, 3.05) is 6.54 Å². The second-order valence-corrected chi connectivity index (χ2v) is 4.30. The van der Waals surface area contributed by atoms with Crippen molar-refractivity contribution in [1.82, 2.24) is 5.09 Å². The Balaban J connectivity index is 3.84. The molecule has 0 saturated carbocycles. The number of carbonyl (C=O) groups excluding carboxylic acids is 1. The Bertz CT molecular complexity index is 314. The van der Waals surface area contributed by atoms with E-state index in [1.165, 1.54) is 0 Å². The summed E-state index contributed by atoms with van der Waals surface area (Å²) in [6, 6.07) is -1.08. The summed E-state index contributed by atoms with van der Waals surface area (Å²) in [5.74, 6) is -1.76. The molecule has 0 radical (unpaired) electrons. The van der Waals surface area contributed by atoms with Crippen LogP contribution < -0.4 is 21.7 Å². The predicted octanol–water partition coefficient (Wildman–Crippen LogP) is -3.16. The number of nitrogens with two attached hydrogens (primary N) is 2. The van der Waals surface area contributed by atoms with Gasteiger partial charge in [-0.2, -0.15) is 0 Å². The molecule has 0 aliphatic carbocycles. The summed E-state index contributed by atoms with van der Waals surface area (Å²) >= 11 is 0. The minimum Gasteiger partial charge on any atom is -0.548 e. The lowest BCUT2D eigenvalue weighted by molar-refractivity contribution is -0.307. The molecule has 0 aromatic rings. The normalized spacial score (nSPS) is 14.6. The summed E-state index contributed by atoms with van der Waals surface area (Å²) in [6.45, 7) is 0.111.